The van der Waals surface area contributed by atoms with Crippen molar-refractivity contribution in [3.8, 4) is 11.5 Å². The number of aromatic hydroxyl groups is 2. The van der Waals surface area contributed by atoms with E-state index in [0.717, 1.165) is 38.2 Å². The predicted octanol–water partition coefficient (Wildman–Crippen LogP) is 2.93. The van der Waals surface area contributed by atoms with E-state index in [4.69, 9.17) is 0 Å². The van der Waals surface area contributed by atoms with Crippen molar-refractivity contribution in [2.75, 3.05) is 26.2 Å². The molecule has 1 aliphatic rings. The van der Waals surface area contributed by atoms with E-state index in [2.05, 4.69) is 24.1 Å². The van der Waals surface area contributed by atoms with E-state index in [0.29, 0.717) is 5.92 Å². The second-order valence-electron chi connectivity index (χ2n) is 5.36. The van der Waals surface area contributed by atoms with E-state index in [9.17, 15) is 10.2 Å². The van der Waals surface area contributed by atoms with Crippen molar-refractivity contribution in [3.05, 3.63) is 23.8 Å². The number of benzene rings is 1. The van der Waals surface area contributed by atoms with Crippen LogP contribution in [0.2, 0.25) is 0 Å². The summed E-state index contributed by atoms with van der Waals surface area (Å²) in [7, 11) is 0. The Morgan fingerprint density at radius 2 is 1.81 bits per heavy atom. The number of phenolic OH excluding ortho intramolecular Hbond substituents is 2. The van der Waals surface area contributed by atoms with Gasteiger partial charge in [0.05, 0.1) is 0 Å². The summed E-state index contributed by atoms with van der Waals surface area (Å²) in [6.45, 7) is 8.37. The summed E-state index contributed by atoms with van der Waals surface area (Å²) in [5.74, 6) is 0.779. The number of rotatable bonds is 4. The van der Waals surface area contributed by atoms with Crippen LogP contribution in [0.3, 0.4) is 0 Å². The van der Waals surface area contributed by atoms with Crippen LogP contribution in [0.1, 0.15) is 31.9 Å². The SMILES string of the molecule is CCC(C)[C@H](c1ccc(O)cc1O)N1CCNCC1.Cl.Cl. The third-order valence-electron chi connectivity index (χ3n) is 4.06. The Labute approximate surface area is 139 Å². The van der Waals surface area contributed by atoms with Crippen molar-refractivity contribution in [2.24, 2.45) is 5.92 Å². The molecule has 1 aromatic carbocycles. The Bertz CT molecular complexity index is 426. The smallest absolute Gasteiger partial charge is 0.124 e. The molecule has 1 fully saturated rings. The van der Waals surface area contributed by atoms with Crippen molar-refractivity contribution in [1.82, 2.24) is 10.2 Å². The Kier molecular flexibility index (Phi) is 9.06. The minimum Gasteiger partial charge on any atom is -0.508 e. The highest BCUT2D eigenvalue weighted by Gasteiger charge is 2.28. The lowest BCUT2D eigenvalue weighted by Gasteiger charge is -2.38. The molecule has 2 rings (SSSR count). The molecule has 1 aromatic rings. The molecule has 0 saturated carbocycles. The fourth-order valence-electron chi connectivity index (χ4n) is 2.83. The van der Waals surface area contributed by atoms with Crippen LogP contribution in [0.5, 0.6) is 11.5 Å². The first kappa shape index (κ1) is 20.3. The Hall–Kier alpha value is -0.680. The fraction of sp³-hybridized carbons (Fsp3) is 0.600. The maximum Gasteiger partial charge on any atom is 0.124 e. The minimum absolute atomic E-state index is 0. The minimum atomic E-state index is 0. The average Bonchev–Trinajstić information content (AvgIpc) is 2.42. The fourth-order valence-corrected chi connectivity index (χ4v) is 2.83. The highest BCUT2D eigenvalue weighted by atomic mass is 35.5. The summed E-state index contributed by atoms with van der Waals surface area (Å²) in [6, 6.07) is 5.16. The van der Waals surface area contributed by atoms with E-state index in [1.54, 1.807) is 6.07 Å². The zero-order valence-corrected chi connectivity index (χ0v) is 14.2. The normalized spacial score (nSPS) is 18.2. The molecule has 0 aliphatic carbocycles. The van der Waals surface area contributed by atoms with E-state index in [1.165, 1.54) is 6.07 Å². The zero-order valence-electron chi connectivity index (χ0n) is 12.6. The second kappa shape index (κ2) is 9.36. The first-order chi connectivity index (χ1) is 9.13. The Morgan fingerprint density at radius 1 is 1.19 bits per heavy atom. The first-order valence-corrected chi connectivity index (χ1v) is 7.10. The van der Waals surface area contributed by atoms with Gasteiger partial charge < -0.3 is 15.5 Å². The summed E-state index contributed by atoms with van der Waals surface area (Å²) in [4.78, 5) is 2.43. The Morgan fingerprint density at radius 3 is 2.33 bits per heavy atom. The van der Waals surface area contributed by atoms with Crippen LogP contribution in [-0.4, -0.2) is 41.3 Å². The molecule has 6 heteroatoms. The lowest BCUT2D eigenvalue weighted by molar-refractivity contribution is 0.126. The lowest BCUT2D eigenvalue weighted by Crippen LogP contribution is -2.46. The van der Waals surface area contributed by atoms with Gasteiger partial charge in [-0.1, -0.05) is 26.3 Å². The van der Waals surface area contributed by atoms with Gasteiger partial charge in [0.1, 0.15) is 11.5 Å². The van der Waals surface area contributed by atoms with Crippen molar-refractivity contribution < 1.29 is 10.2 Å². The Balaban J connectivity index is 0.00000200. The highest BCUT2D eigenvalue weighted by molar-refractivity contribution is 5.85. The maximum absolute atomic E-state index is 10.1. The van der Waals surface area contributed by atoms with Crippen molar-refractivity contribution >= 4 is 24.8 Å². The van der Waals surface area contributed by atoms with Crippen molar-refractivity contribution in [2.45, 2.75) is 26.3 Å². The number of hydrogen-bond acceptors (Lipinski definition) is 4. The third-order valence-corrected chi connectivity index (χ3v) is 4.06. The van der Waals surface area contributed by atoms with Crippen LogP contribution >= 0.6 is 24.8 Å². The molecule has 1 aliphatic heterocycles. The number of halogens is 2. The van der Waals surface area contributed by atoms with Gasteiger partial charge in [0.25, 0.3) is 0 Å². The molecule has 0 amide bonds. The number of phenols is 2. The molecular formula is C15H26Cl2N2O2. The summed E-state index contributed by atoms with van der Waals surface area (Å²) in [6.07, 6.45) is 1.06. The molecule has 0 aromatic heterocycles. The molecule has 1 saturated heterocycles. The molecule has 21 heavy (non-hydrogen) atoms. The van der Waals surface area contributed by atoms with Gasteiger partial charge in [-0.05, 0) is 12.0 Å². The molecule has 2 atom stereocenters. The molecule has 3 N–H and O–H groups in total. The van der Waals surface area contributed by atoms with Crippen LogP contribution < -0.4 is 5.32 Å². The molecule has 0 bridgehead atoms. The van der Waals surface area contributed by atoms with Gasteiger partial charge in [-0.3, -0.25) is 4.90 Å². The van der Waals surface area contributed by atoms with Crippen LogP contribution in [0.25, 0.3) is 0 Å². The first-order valence-electron chi connectivity index (χ1n) is 7.10. The molecule has 122 valence electrons. The van der Waals surface area contributed by atoms with Crippen LogP contribution in [-0.2, 0) is 0 Å². The van der Waals surface area contributed by atoms with E-state index in [1.807, 2.05) is 6.07 Å². The number of piperazine rings is 1. The standard InChI is InChI=1S/C15H24N2O2.2ClH/c1-3-11(2)15(17-8-6-16-7-9-17)13-5-4-12(18)10-14(13)19;;/h4-5,10-11,15-16,18-19H,3,6-9H2,1-2H3;2*1H/t11?,15-;;/m1../s1. The van der Waals surface area contributed by atoms with Crippen molar-refractivity contribution in [1.29, 1.82) is 0 Å². The van der Waals surface area contributed by atoms with Gasteiger partial charge in [-0.15, -0.1) is 24.8 Å². The maximum atomic E-state index is 10.1. The number of hydrogen-bond donors (Lipinski definition) is 3. The van der Waals surface area contributed by atoms with Gasteiger partial charge in [0, 0.05) is 43.9 Å². The van der Waals surface area contributed by atoms with E-state index < -0.39 is 0 Å². The predicted molar refractivity (Wildman–Crippen MR) is 90.9 cm³/mol. The van der Waals surface area contributed by atoms with Gasteiger partial charge in [0.15, 0.2) is 0 Å². The second-order valence-corrected chi connectivity index (χ2v) is 5.36. The number of nitrogens with zero attached hydrogens (tertiary/aromatic N) is 1. The highest BCUT2D eigenvalue weighted by Crippen LogP contribution is 2.37. The zero-order chi connectivity index (χ0) is 13.8. The third kappa shape index (κ3) is 4.92. The summed E-state index contributed by atoms with van der Waals surface area (Å²) in [5.41, 5.74) is 0.925. The topological polar surface area (TPSA) is 55.7 Å². The molecular weight excluding hydrogens is 311 g/mol. The molecule has 0 radical (unpaired) electrons. The lowest BCUT2D eigenvalue weighted by atomic mass is 9.90. The summed E-state index contributed by atoms with van der Waals surface area (Å²) < 4.78 is 0. The van der Waals surface area contributed by atoms with Gasteiger partial charge in [0.2, 0.25) is 0 Å². The largest absolute Gasteiger partial charge is 0.508 e. The monoisotopic (exact) mass is 336 g/mol. The average molecular weight is 337 g/mol. The van der Waals surface area contributed by atoms with E-state index in [-0.39, 0.29) is 42.4 Å². The van der Waals surface area contributed by atoms with Crippen LogP contribution in [0.4, 0.5) is 0 Å². The van der Waals surface area contributed by atoms with Gasteiger partial charge >= 0.3 is 0 Å². The summed E-state index contributed by atoms with van der Waals surface area (Å²) in [5, 5.41) is 22.9. The molecule has 0 spiro atoms. The van der Waals surface area contributed by atoms with Gasteiger partial charge in [-0.25, -0.2) is 0 Å². The van der Waals surface area contributed by atoms with E-state index >= 15 is 0 Å². The molecule has 4 nitrogen and oxygen atoms in total. The number of nitrogens with one attached hydrogen (secondary N) is 1. The molecule has 1 heterocycles. The quantitative estimate of drug-likeness (QED) is 0.791. The van der Waals surface area contributed by atoms with Crippen LogP contribution in [0, 0.1) is 5.92 Å². The van der Waals surface area contributed by atoms with Gasteiger partial charge in [-0.2, -0.15) is 0 Å². The van der Waals surface area contributed by atoms with Crippen LogP contribution in [0.15, 0.2) is 18.2 Å². The van der Waals surface area contributed by atoms with Crippen molar-refractivity contribution in [3.63, 3.8) is 0 Å². The molecule has 1 unspecified atom stereocenters. The summed E-state index contributed by atoms with van der Waals surface area (Å²) >= 11 is 0.